The molecule has 0 unspecified atom stereocenters. The second-order valence-corrected chi connectivity index (χ2v) is 6.67. The summed E-state index contributed by atoms with van der Waals surface area (Å²) in [6, 6.07) is 4.30. The fourth-order valence-electron chi connectivity index (χ4n) is 1.70. The lowest BCUT2D eigenvalue weighted by Crippen LogP contribution is -2.14. The molecule has 0 radical (unpaired) electrons. The van der Waals surface area contributed by atoms with Crippen molar-refractivity contribution in [3.63, 3.8) is 0 Å². The van der Waals surface area contributed by atoms with Crippen molar-refractivity contribution in [2.45, 2.75) is 26.2 Å². The Morgan fingerprint density at radius 2 is 1.90 bits per heavy atom. The predicted molar refractivity (Wildman–Crippen MR) is 81.2 cm³/mol. The summed E-state index contributed by atoms with van der Waals surface area (Å²) in [6.07, 6.45) is 0. The van der Waals surface area contributed by atoms with E-state index in [0.717, 1.165) is 11.8 Å². The normalized spacial score (nSPS) is 11.7. The standard InChI is InChI=1S/C14H13BrF2N2S/c1-14(2,3)9-6-10(20)19-13(18-9)7-4-5-8(16)12(17)11(7)15/h4-6H,1-3H3,(H,18,19,20). The molecule has 1 aromatic heterocycles. The van der Waals surface area contributed by atoms with Crippen molar-refractivity contribution in [2.24, 2.45) is 0 Å². The molecule has 20 heavy (non-hydrogen) atoms. The molecule has 0 spiro atoms. The van der Waals surface area contributed by atoms with E-state index >= 15 is 0 Å². The van der Waals surface area contributed by atoms with Crippen LogP contribution in [0.2, 0.25) is 0 Å². The zero-order chi connectivity index (χ0) is 15.1. The molecule has 2 nitrogen and oxygen atoms in total. The van der Waals surface area contributed by atoms with Crippen molar-refractivity contribution in [3.8, 4) is 11.4 Å². The van der Waals surface area contributed by atoms with Crippen LogP contribution in [0.15, 0.2) is 22.7 Å². The van der Waals surface area contributed by atoms with Crippen LogP contribution in [-0.4, -0.2) is 9.97 Å². The Morgan fingerprint density at radius 3 is 2.50 bits per heavy atom. The van der Waals surface area contributed by atoms with E-state index in [1.165, 1.54) is 6.07 Å². The highest BCUT2D eigenvalue weighted by Gasteiger charge is 2.18. The van der Waals surface area contributed by atoms with Crippen LogP contribution in [0.1, 0.15) is 26.5 Å². The van der Waals surface area contributed by atoms with E-state index in [1.807, 2.05) is 20.8 Å². The Balaban J connectivity index is 2.68. The van der Waals surface area contributed by atoms with Gasteiger partial charge in [-0.3, -0.25) is 0 Å². The molecule has 1 heterocycles. The summed E-state index contributed by atoms with van der Waals surface area (Å²) in [5, 5.41) is 0. The highest BCUT2D eigenvalue weighted by Crippen LogP contribution is 2.31. The quantitative estimate of drug-likeness (QED) is 0.564. The smallest absolute Gasteiger partial charge is 0.173 e. The van der Waals surface area contributed by atoms with Crippen LogP contribution in [0.3, 0.4) is 0 Å². The number of hydrogen-bond acceptors (Lipinski definition) is 2. The number of H-pyrrole nitrogens is 1. The first-order valence-corrected chi connectivity index (χ1v) is 7.16. The highest BCUT2D eigenvalue weighted by molar-refractivity contribution is 9.10. The number of benzene rings is 1. The minimum Gasteiger partial charge on any atom is -0.343 e. The van der Waals surface area contributed by atoms with Gasteiger partial charge in [-0.2, -0.15) is 0 Å². The molecule has 0 aliphatic carbocycles. The maximum Gasteiger partial charge on any atom is 0.173 e. The van der Waals surface area contributed by atoms with Crippen molar-refractivity contribution in [1.29, 1.82) is 0 Å². The minimum absolute atomic E-state index is 0.0294. The van der Waals surface area contributed by atoms with Crippen LogP contribution >= 0.6 is 28.1 Å². The molecule has 1 aromatic carbocycles. The van der Waals surface area contributed by atoms with Crippen molar-refractivity contribution in [3.05, 3.63) is 44.6 Å². The maximum atomic E-state index is 13.6. The van der Waals surface area contributed by atoms with Crippen molar-refractivity contribution in [2.75, 3.05) is 0 Å². The minimum atomic E-state index is -0.940. The van der Waals surface area contributed by atoms with Gasteiger partial charge in [-0.1, -0.05) is 33.0 Å². The Kier molecular flexibility index (Phi) is 4.07. The average Bonchev–Trinajstić information content (AvgIpc) is 2.34. The van der Waals surface area contributed by atoms with E-state index in [1.54, 1.807) is 6.07 Å². The van der Waals surface area contributed by atoms with Gasteiger partial charge < -0.3 is 4.98 Å². The molecule has 0 bridgehead atoms. The first-order chi connectivity index (χ1) is 9.20. The van der Waals surface area contributed by atoms with Gasteiger partial charge >= 0.3 is 0 Å². The average molecular weight is 359 g/mol. The van der Waals surface area contributed by atoms with Crippen LogP contribution in [0.25, 0.3) is 11.4 Å². The number of nitrogens with one attached hydrogen (secondary N) is 1. The number of nitrogens with zero attached hydrogens (tertiary/aromatic N) is 1. The molecular weight excluding hydrogens is 346 g/mol. The van der Waals surface area contributed by atoms with Gasteiger partial charge in [0.15, 0.2) is 11.6 Å². The summed E-state index contributed by atoms with van der Waals surface area (Å²) in [4.78, 5) is 7.32. The van der Waals surface area contributed by atoms with Gasteiger partial charge in [0.2, 0.25) is 0 Å². The van der Waals surface area contributed by atoms with E-state index in [0.29, 0.717) is 16.0 Å². The molecule has 2 rings (SSSR count). The Labute approximate surface area is 129 Å². The Bertz CT molecular complexity index is 720. The van der Waals surface area contributed by atoms with Crippen molar-refractivity contribution in [1.82, 2.24) is 9.97 Å². The molecule has 1 N–H and O–H groups in total. The summed E-state index contributed by atoms with van der Waals surface area (Å²) >= 11 is 8.20. The van der Waals surface area contributed by atoms with E-state index < -0.39 is 11.6 Å². The lowest BCUT2D eigenvalue weighted by molar-refractivity contribution is 0.504. The van der Waals surface area contributed by atoms with E-state index in [9.17, 15) is 8.78 Å². The third-order valence-corrected chi connectivity index (χ3v) is 3.83. The van der Waals surface area contributed by atoms with Crippen LogP contribution in [0, 0.1) is 16.3 Å². The Morgan fingerprint density at radius 1 is 1.25 bits per heavy atom. The van der Waals surface area contributed by atoms with Gasteiger partial charge in [0.1, 0.15) is 10.5 Å². The fraction of sp³-hybridized carbons (Fsp3) is 0.286. The first kappa shape index (κ1) is 15.3. The lowest BCUT2D eigenvalue weighted by atomic mass is 9.92. The topological polar surface area (TPSA) is 28.7 Å². The van der Waals surface area contributed by atoms with Crippen molar-refractivity contribution < 1.29 is 8.78 Å². The van der Waals surface area contributed by atoms with E-state index in [4.69, 9.17) is 12.2 Å². The number of aromatic amines is 1. The van der Waals surface area contributed by atoms with Crippen LogP contribution < -0.4 is 0 Å². The van der Waals surface area contributed by atoms with Gasteiger partial charge in [0, 0.05) is 16.7 Å². The zero-order valence-corrected chi connectivity index (χ0v) is 13.6. The summed E-state index contributed by atoms with van der Waals surface area (Å²) < 4.78 is 27.2. The van der Waals surface area contributed by atoms with E-state index in [2.05, 4.69) is 25.9 Å². The predicted octanol–water partition coefficient (Wildman–Crippen LogP) is 5.14. The zero-order valence-electron chi connectivity index (χ0n) is 11.2. The van der Waals surface area contributed by atoms with Gasteiger partial charge in [-0.15, -0.1) is 0 Å². The largest absolute Gasteiger partial charge is 0.343 e. The van der Waals surface area contributed by atoms with Crippen molar-refractivity contribution >= 4 is 28.1 Å². The van der Waals surface area contributed by atoms with Crippen LogP contribution in [0.4, 0.5) is 8.78 Å². The molecule has 2 aromatic rings. The molecule has 0 fully saturated rings. The number of hydrogen-bond donors (Lipinski definition) is 1. The SMILES string of the molecule is CC(C)(C)c1cc(=S)nc(-c2ccc(F)c(F)c2Br)[nH]1. The molecule has 0 amide bonds. The second kappa shape index (κ2) is 5.33. The molecule has 0 aliphatic heterocycles. The first-order valence-electron chi connectivity index (χ1n) is 5.96. The summed E-state index contributed by atoms with van der Waals surface area (Å²) in [7, 11) is 0. The third-order valence-electron chi connectivity index (χ3n) is 2.84. The van der Waals surface area contributed by atoms with E-state index in [-0.39, 0.29) is 9.89 Å². The number of halogens is 3. The molecule has 6 heteroatoms. The highest BCUT2D eigenvalue weighted by atomic mass is 79.9. The monoisotopic (exact) mass is 358 g/mol. The van der Waals surface area contributed by atoms with Gasteiger partial charge in [-0.25, -0.2) is 13.8 Å². The van der Waals surface area contributed by atoms with Gasteiger partial charge in [-0.05, 0) is 34.1 Å². The number of rotatable bonds is 1. The summed E-state index contributed by atoms with van der Waals surface area (Å²) in [6.45, 7) is 6.08. The molecule has 0 atom stereocenters. The summed E-state index contributed by atoms with van der Waals surface area (Å²) in [5.41, 5.74) is 1.15. The van der Waals surface area contributed by atoms with Gasteiger partial charge in [0.25, 0.3) is 0 Å². The summed E-state index contributed by atoms with van der Waals surface area (Å²) in [5.74, 6) is -1.44. The van der Waals surface area contributed by atoms with Crippen LogP contribution in [-0.2, 0) is 5.41 Å². The molecule has 0 aliphatic rings. The lowest BCUT2D eigenvalue weighted by Gasteiger charge is -2.19. The molecule has 0 saturated heterocycles. The second-order valence-electron chi connectivity index (χ2n) is 5.45. The molecular formula is C14H13BrF2N2S. The van der Waals surface area contributed by atoms with Gasteiger partial charge in [0.05, 0.1) is 4.47 Å². The molecule has 106 valence electrons. The molecule has 0 saturated carbocycles. The third kappa shape index (κ3) is 2.96. The Hall–Kier alpha value is -1.14. The van der Waals surface area contributed by atoms with Crippen LogP contribution in [0.5, 0.6) is 0 Å². The number of aromatic nitrogens is 2. The maximum absolute atomic E-state index is 13.6. The fourth-order valence-corrected chi connectivity index (χ4v) is 2.42.